The standard InChI is InChI=1S/C30H24ClNO2/c1-19-11-12-20(2)26(17-19)32-18-25-28(21-7-4-3-5-8-21)24-9-6-10-27(29(24)30(25)33)34-23-15-13-22(31)14-16-23/h3-18,25,28H,1-2H3. The molecule has 0 amide bonds. The molecule has 0 bridgehead atoms. The predicted molar refractivity (Wildman–Crippen MR) is 138 cm³/mol. The number of carbonyl (C=O) groups excluding carboxylic acids is 1. The summed E-state index contributed by atoms with van der Waals surface area (Å²) in [6.07, 6.45) is 1.81. The molecule has 0 aromatic heterocycles. The van der Waals surface area contributed by atoms with Gasteiger partial charge in [-0.25, -0.2) is 0 Å². The average molecular weight is 466 g/mol. The van der Waals surface area contributed by atoms with Crippen LogP contribution in [0.3, 0.4) is 0 Å². The maximum Gasteiger partial charge on any atom is 0.176 e. The van der Waals surface area contributed by atoms with Gasteiger partial charge in [0.1, 0.15) is 11.5 Å². The molecule has 0 radical (unpaired) electrons. The Hall–Kier alpha value is -3.69. The van der Waals surface area contributed by atoms with Crippen molar-refractivity contribution in [2.75, 3.05) is 0 Å². The van der Waals surface area contributed by atoms with E-state index in [1.165, 1.54) is 0 Å². The van der Waals surface area contributed by atoms with Crippen LogP contribution in [0.4, 0.5) is 5.69 Å². The lowest BCUT2D eigenvalue weighted by molar-refractivity contribution is 0.0963. The molecule has 4 heteroatoms. The van der Waals surface area contributed by atoms with Crippen molar-refractivity contribution in [1.82, 2.24) is 0 Å². The van der Waals surface area contributed by atoms with Crippen LogP contribution in [0.2, 0.25) is 5.02 Å². The average Bonchev–Trinajstić information content (AvgIpc) is 3.14. The summed E-state index contributed by atoms with van der Waals surface area (Å²) in [5.74, 6) is 0.642. The van der Waals surface area contributed by atoms with Gasteiger partial charge in [-0.1, -0.05) is 66.2 Å². The first-order chi connectivity index (χ1) is 16.5. The van der Waals surface area contributed by atoms with Crippen LogP contribution in [-0.4, -0.2) is 12.0 Å². The third-order valence-electron chi connectivity index (χ3n) is 6.24. The van der Waals surface area contributed by atoms with E-state index in [4.69, 9.17) is 21.3 Å². The first-order valence-electron chi connectivity index (χ1n) is 11.3. The molecular formula is C30H24ClNO2. The topological polar surface area (TPSA) is 38.7 Å². The Morgan fingerprint density at radius 2 is 1.65 bits per heavy atom. The van der Waals surface area contributed by atoms with Gasteiger partial charge in [0, 0.05) is 17.2 Å². The molecule has 0 saturated heterocycles. The number of aryl methyl sites for hydroxylation is 2. The second-order valence-electron chi connectivity index (χ2n) is 8.62. The first kappa shape index (κ1) is 22.1. The summed E-state index contributed by atoms with van der Waals surface area (Å²) >= 11 is 6.02. The van der Waals surface area contributed by atoms with Crippen LogP contribution >= 0.6 is 11.6 Å². The molecule has 2 unspecified atom stereocenters. The van der Waals surface area contributed by atoms with E-state index in [9.17, 15) is 4.79 Å². The zero-order valence-electron chi connectivity index (χ0n) is 19.0. The van der Waals surface area contributed by atoms with E-state index in [-0.39, 0.29) is 11.7 Å². The lowest BCUT2D eigenvalue weighted by Gasteiger charge is -2.17. The molecule has 2 atom stereocenters. The largest absolute Gasteiger partial charge is 0.457 e. The molecule has 1 aliphatic rings. The maximum absolute atomic E-state index is 13.8. The molecule has 0 aliphatic heterocycles. The van der Waals surface area contributed by atoms with Gasteiger partial charge in [0.25, 0.3) is 0 Å². The van der Waals surface area contributed by atoms with Gasteiger partial charge < -0.3 is 4.74 Å². The van der Waals surface area contributed by atoms with Gasteiger partial charge in [-0.3, -0.25) is 9.79 Å². The van der Waals surface area contributed by atoms with E-state index >= 15 is 0 Å². The molecule has 0 heterocycles. The number of ether oxygens (including phenoxy) is 1. The Bertz CT molecular complexity index is 1380. The summed E-state index contributed by atoms with van der Waals surface area (Å²) in [6.45, 7) is 4.08. The fourth-order valence-corrected chi connectivity index (χ4v) is 4.64. The zero-order valence-corrected chi connectivity index (χ0v) is 19.8. The van der Waals surface area contributed by atoms with Gasteiger partial charge in [0.2, 0.25) is 0 Å². The van der Waals surface area contributed by atoms with Crippen molar-refractivity contribution in [2.45, 2.75) is 19.8 Å². The van der Waals surface area contributed by atoms with Crippen LogP contribution < -0.4 is 4.74 Å². The molecule has 0 N–H and O–H groups in total. The SMILES string of the molecule is Cc1ccc(C)c(N=CC2C(=O)c3c(Oc4ccc(Cl)cc4)cccc3C2c2ccccc2)c1. The molecular weight excluding hydrogens is 442 g/mol. The quantitative estimate of drug-likeness (QED) is 0.279. The number of fused-ring (bicyclic) bond motifs is 1. The normalized spacial score (nSPS) is 17.2. The Morgan fingerprint density at radius 3 is 2.41 bits per heavy atom. The van der Waals surface area contributed by atoms with Crippen LogP contribution in [0.5, 0.6) is 11.5 Å². The van der Waals surface area contributed by atoms with Crippen molar-refractivity contribution in [3.8, 4) is 11.5 Å². The summed E-state index contributed by atoms with van der Waals surface area (Å²) in [6, 6.07) is 29.3. The van der Waals surface area contributed by atoms with Gasteiger partial charge in [-0.2, -0.15) is 0 Å². The number of benzene rings is 4. The molecule has 0 saturated carbocycles. The fraction of sp³-hybridized carbons (Fsp3) is 0.133. The lowest BCUT2D eigenvalue weighted by atomic mass is 9.86. The number of hydrogen-bond acceptors (Lipinski definition) is 3. The van der Waals surface area contributed by atoms with Crippen LogP contribution in [0.1, 0.15) is 38.5 Å². The number of hydrogen-bond donors (Lipinski definition) is 0. The highest BCUT2D eigenvalue weighted by Gasteiger charge is 2.41. The highest BCUT2D eigenvalue weighted by atomic mass is 35.5. The fourth-order valence-electron chi connectivity index (χ4n) is 4.52. The van der Waals surface area contributed by atoms with E-state index in [1.54, 1.807) is 24.3 Å². The van der Waals surface area contributed by atoms with E-state index in [1.807, 2.05) is 62.5 Å². The van der Waals surface area contributed by atoms with Crippen molar-refractivity contribution in [3.63, 3.8) is 0 Å². The molecule has 3 nitrogen and oxygen atoms in total. The van der Waals surface area contributed by atoms with Crippen molar-refractivity contribution in [3.05, 3.63) is 124 Å². The summed E-state index contributed by atoms with van der Waals surface area (Å²) in [5.41, 5.74) is 5.75. The highest BCUT2D eigenvalue weighted by molar-refractivity contribution is 6.30. The van der Waals surface area contributed by atoms with Crippen LogP contribution in [-0.2, 0) is 0 Å². The molecule has 4 aromatic rings. The van der Waals surface area contributed by atoms with Crippen LogP contribution in [0.25, 0.3) is 0 Å². The second kappa shape index (κ2) is 9.28. The maximum atomic E-state index is 13.8. The van der Waals surface area contributed by atoms with Gasteiger partial charge in [-0.05, 0) is 72.5 Å². The monoisotopic (exact) mass is 465 g/mol. The number of aliphatic imine (C=N–C) groups is 1. The summed E-state index contributed by atoms with van der Waals surface area (Å²) in [7, 11) is 0. The minimum Gasteiger partial charge on any atom is -0.457 e. The number of Topliss-reactive ketones (excluding diaryl/α,β-unsaturated/α-hetero) is 1. The second-order valence-corrected chi connectivity index (χ2v) is 9.06. The number of halogens is 1. The number of nitrogens with zero attached hydrogens (tertiary/aromatic N) is 1. The van der Waals surface area contributed by atoms with Crippen LogP contribution in [0.15, 0.2) is 96.0 Å². The Morgan fingerprint density at radius 1 is 0.882 bits per heavy atom. The molecule has 168 valence electrons. The molecule has 5 rings (SSSR count). The third-order valence-corrected chi connectivity index (χ3v) is 6.49. The molecule has 1 aliphatic carbocycles. The summed E-state index contributed by atoms with van der Waals surface area (Å²) in [4.78, 5) is 18.6. The van der Waals surface area contributed by atoms with E-state index < -0.39 is 5.92 Å². The number of rotatable bonds is 5. The molecule has 34 heavy (non-hydrogen) atoms. The minimum atomic E-state index is -0.424. The van der Waals surface area contributed by atoms with Gasteiger partial charge in [0.15, 0.2) is 5.78 Å². The van der Waals surface area contributed by atoms with Gasteiger partial charge in [-0.15, -0.1) is 0 Å². The predicted octanol–water partition coefficient (Wildman–Crippen LogP) is 8.10. The van der Waals surface area contributed by atoms with Crippen molar-refractivity contribution >= 4 is 29.3 Å². The molecule has 0 spiro atoms. The van der Waals surface area contributed by atoms with Gasteiger partial charge in [0.05, 0.1) is 17.2 Å². The van der Waals surface area contributed by atoms with Crippen molar-refractivity contribution < 1.29 is 9.53 Å². The zero-order chi connectivity index (χ0) is 23.7. The first-order valence-corrected chi connectivity index (χ1v) is 11.7. The minimum absolute atomic E-state index is 0.0162. The van der Waals surface area contributed by atoms with Crippen LogP contribution in [0, 0.1) is 19.8 Å². The van der Waals surface area contributed by atoms with Gasteiger partial charge >= 0.3 is 0 Å². The van der Waals surface area contributed by atoms with E-state index in [0.717, 1.165) is 27.9 Å². The third kappa shape index (κ3) is 4.27. The Labute approximate surface area is 204 Å². The van der Waals surface area contributed by atoms with E-state index in [2.05, 4.69) is 24.3 Å². The smallest absolute Gasteiger partial charge is 0.176 e. The number of ketones is 1. The highest BCUT2D eigenvalue weighted by Crippen LogP contribution is 2.46. The lowest BCUT2D eigenvalue weighted by Crippen LogP contribution is -2.16. The summed E-state index contributed by atoms with van der Waals surface area (Å²) in [5, 5.41) is 0.633. The Kier molecular flexibility index (Phi) is 6.04. The molecule has 0 fully saturated rings. The van der Waals surface area contributed by atoms with Crippen molar-refractivity contribution in [2.24, 2.45) is 10.9 Å². The van der Waals surface area contributed by atoms with Crippen molar-refractivity contribution in [1.29, 1.82) is 0 Å². The van der Waals surface area contributed by atoms with E-state index in [0.29, 0.717) is 22.1 Å². The molecule has 4 aromatic carbocycles. The summed E-state index contributed by atoms with van der Waals surface area (Å²) < 4.78 is 6.15. The Balaban J connectivity index is 1.58. The number of carbonyl (C=O) groups is 1.